The summed E-state index contributed by atoms with van der Waals surface area (Å²) in [5, 5.41) is 61.4. The second-order valence-electron chi connectivity index (χ2n) is 8.29. The van der Waals surface area contributed by atoms with Crippen molar-refractivity contribution in [3.05, 3.63) is 65.4 Å². The summed E-state index contributed by atoms with van der Waals surface area (Å²) in [6, 6.07) is 13.0. The summed E-state index contributed by atoms with van der Waals surface area (Å²) in [6.07, 6.45) is -6.00. The molecule has 1 fully saturated rings. The van der Waals surface area contributed by atoms with E-state index in [-0.39, 0.29) is 17.1 Å². The summed E-state index contributed by atoms with van der Waals surface area (Å²) >= 11 is 0. The molecule has 9 heteroatoms. The van der Waals surface area contributed by atoms with E-state index < -0.39 is 48.9 Å². The predicted molar refractivity (Wildman–Crippen MR) is 120 cm³/mol. The first-order chi connectivity index (χ1) is 16.3. The summed E-state index contributed by atoms with van der Waals surface area (Å²) < 4.78 is 11.3. The predicted octanol–water partition coefficient (Wildman–Crippen LogP) is 1.49. The molecule has 5 rings (SSSR count). The lowest BCUT2D eigenvalue weighted by Gasteiger charge is -2.39. The van der Waals surface area contributed by atoms with E-state index in [2.05, 4.69) is 0 Å². The van der Waals surface area contributed by atoms with Gasteiger partial charge >= 0.3 is 0 Å². The highest BCUT2D eigenvalue weighted by Crippen LogP contribution is 2.41. The van der Waals surface area contributed by atoms with Crippen LogP contribution in [0.1, 0.15) is 15.9 Å². The fourth-order valence-corrected chi connectivity index (χ4v) is 4.40. The molecule has 0 spiro atoms. The van der Waals surface area contributed by atoms with Crippen molar-refractivity contribution in [2.45, 2.75) is 30.7 Å². The number of para-hydroxylation sites is 1. The summed E-state index contributed by atoms with van der Waals surface area (Å²) in [7, 11) is 0. The Hall–Kier alpha value is -3.47. The molecule has 0 aromatic heterocycles. The largest absolute Gasteiger partial charge is 0.507 e. The van der Waals surface area contributed by atoms with Crippen molar-refractivity contribution in [2.24, 2.45) is 0 Å². The topological polar surface area (TPSA) is 157 Å². The van der Waals surface area contributed by atoms with Gasteiger partial charge in [0.25, 0.3) is 0 Å². The van der Waals surface area contributed by atoms with Gasteiger partial charge in [-0.25, -0.2) is 0 Å². The highest BCUT2D eigenvalue weighted by molar-refractivity contribution is 6.23. The summed E-state index contributed by atoms with van der Waals surface area (Å²) in [5.41, 5.74) is 1.70. The normalized spacial score (nSPS) is 26.4. The zero-order chi connectivity index (χ0) is 24.1. The third-order valence-electron chi connectivity index (χ3n) is 6.18. The SMILES string of the molecule is O=C1C(O)=Cc2ccc(O[C@@H]3O[C@H](CO)[C@@H](O)[C@H](O)[C@H]3O)c3cc(-c4ccccc4O)cc1c23. The fraction of sp³-hybridized carbons (Fsp3) is 0.240. The van der Waals surface area contributed by atoms with Crippen molar-refractivity contribution >= 4 is 22.6 Å². The van der Waals surface area contributed by atoms with Crippen LogP contribution in [0, 0.1) is 0 Å². The van der Waals surface area contributed by atoms with Crippen LogP contribution in [0.5, 0.6) is 11.5 Å². The Bertz CT molecular complexity index is 1310. The van der Waals surface area contributed by atoms with Gasteiger partial charge < -0.3 is 40.1 Å². The Kier molecular flexibility index (Phi) is 5.51. The van der Waals surface area contributed by atoms with Crippen LogP contribution < -0.4 is 4.74 Å². The van der Waals surface area contributed by atoms with Crippen LogP contribution >= 0.6 is 0 Å². The Morgan fingerprint density at radius 1 is 0.912 bits per heavy atom. The van der Waals surface area contributed by atoms with Gasteiger partial charge in [0, 0.05) is 21.9 Å². The fourth-order valence-electron chi connectivity index (χ4n) is 4.40. The number of aliphatic hydroxyl groups excluding tert-OH is 5. The number of hydrogen-bond donors (Lipinski definition) is 6. The van der Waals surface area contributed by atoms with E-state index >= 15 is 0 Å². The van der Waals surface area contributed by atoms with E-state index in [4.69, 9.17) is 9.47 Å². The van der Waals surface area contributed by atoms with E-state index in [0.717, 1.165) is 0 Å². The van der Waals surface area contributed by atoms with E-state index in [9.17, 15) is 35.4 Å². The molecule has 0 saturated carbocycles. The Balaban J connectivity index is 1.67. The monoisotopic (exact) mass is 466 g/mol. The van der Waals surface area contributed by atoms with Crippen molar-refractivity contribution in [1.29, 1.82) is 0 Å². The van der Waals surface area contributed by atoms with Gasteiger partial charge in [-0.05, 0) is 41.5 Å². The first-order valence-corrected chi connectivity index (χ1v) is 10.6. The number of phenols is 1. The van der Waals surface area contributed by atoms with Crippen LogP contribution in [0.2, 0.25) is 0 Å². The quantitative estimate of drug-likeness (QED) is 0.335. The number of benzene rings is 3. The highest BCUT2D eigenvalue weighted by Gasteiger charge is 2.45. The van der Waals surface area contributed by atoms with Crippen LogP contribution in [-0.2, 0) is 4.74 Å². The van der Waals surface area contributed by atoms with E-state index in [1.165, 1.54) is 12.1 Å². The molecule has 0 radical (unpaired) electrons. The molecule has 3 aromatic rings. The third-order valence-corrected chi connectivity index (χ3v) is 6.18. The van der Waals surface area contributed by atoms with Crippen LogP contribution in [-0.4, -0.2) is 73.7 Å². The smallest absolute Gasteiger partial charge is 0.229 e. The maximum absolute atomic E-state index is 12.8. The van der Waals surface area contributed by atoms with Crippen LogP contribution in [0.15, 0.2) is 54.3 Å². The van der Waals surface area contributed by atoms with Gasteiger partial charge in [-0.2, -0.15) is 0 Å². The average Bonchev–Trinajstić information content (AvgIpc) is 2.84. The molecule has 1 aliphatic heterocycles. The number of allylic oxidation sites excluding steroid dienone is 1. The molecule has 1 heterocycles. The van der Waals surface area contributed by atoms with Gasteiger partial charge in [-0.3, -0.25) is 4.79 Å². The second kappa shape index (κ2) is 8.39. The first kappa shape index (κ1) is 22.3. The number of ether oxygens (including phenoxy) is 2. The van der Waals surface area contributed by atoms with Gasteiger partial charge in [-0.15, -0.1) is 0 Å². The molecule has 9 nitrogen and oxygen atoms in total. The van der Waals surface area contributed by atoms with E-state index in [1.54, 1.807) is 42.5 Å². The van der Waals surface area contributed by atoms with Crippen molar-refractivity contribution in [2.75, 3.05) is 6.61 Å². The Morgan fingerprint density at radius 3 is 2.41 bits per heavy atom. The number of carbonyl (C=O) groups excluding carboxylic acids is 1. The zero-order valence-electron chi connectivity index (χ0n) is 17.7. The molecule has 2 aliphatic rings. The van der Waals surface area contributed by atoms with Crippen molar-refractivity contribution < 1.29 is 44.9 Å². The molecule has 176 valence electrons. The molecule has 6 N–H and O–H groups in total. The third kappa shape index (κ3) is 3.51. The molecule has 0 unspecified atom stereocenters. The summed E-state index contributed by atoms with van der Waals surface area (Å²) in [5.74, 6) is -0.848. The van der Waals surface area contributed by atoms with Gasteiger partial charge in [0.15, 0.2) is 5.76 Å². The summed E-state index contributed by atoms with van der Waals surface area (Å²) in [6.45, 7) is -0.607. The lowest BCUT2D eigenvalue weighted by atomic mass is 9.87. The molecular formula is C25H22O9. The first-order valence-electron chi connectivity index (χ1n) is 10.6. The number of aromatic hydroxyl groups is 1. The molecule has 3 aromatic carbocycles. The van der Waals surface area contributed by atoms with E-state index in [0.29, 0.717) is 27.5 Å². The molecule has 1 saturated heterocycles. The van der Waals surface area contributed by atoms with Gasteiger partial charge in [0.2, 0.25) is 12.1 Å². The van der Waals surface area contributed by atoms with Crippen LogP contribution in [0.3, 0.4) is 0 Å². The Labute approximate surface area is 193 Å². The van der Waals surface area contributed by atoms with Gasteiger partial charge in [0.1, 0.15) is 35.9 Å². The maximum Gasteiger partial charge on any atom is 0.229 e. The molecule has 0 bridgehead atoms. The number of phenolic OH excluding ortho intramolecular Hbond substituents is 1. The number of aliphatic hydroxyl groups is 5. The number of hydrogen-bond acceptors (Lipinski definition) is 9. The minimum absolute atomic E-state index is 0.00960. The van der Waals surface area contributed by atoms with Crippen LogP contribution in [0.25, 0.3) is 28.0 Å². The highest BCUT2D eigenvalue weighted by atomic mass is 16.7. The van der Waals surface area contributed by atoms with E-state index in [1.807, 2.05) is 0 Å². The Morgan fingerprint density at radius 2 is 1.68 bits per heavy atom. The molecule has 34 heavy (non-hydrogen) atoms. The van der Waals surface area contributed by atoms with Crippen molar-refractivity contribution in [3.8, 4) is 22.6 Å². The lowest BCUT2D eigenvalue weighted by molar-refractivity contribution is -0.277. The number of carbonyl (C=O) groups is 1. The maximum atomic E-state index is 12.8. The van der Waals surface area contributed by atoms with Crippen LogP contribution in [0.4, 0.5) is 0 Å². The van der Waals surface area contributed by atoms with Crippen molar-refractivity contribution in [3.63, 3.8) is 0 Å². The molecule has 0 amide bonds. The van der Waals surface area contributed by atoms with Crippen molar-refractivity contribution in [1.82, 2.24) is 0 Å². The van der Waals surface area contributed by atoms with Gasteiger partial charge in [0.05, 0.1) is 6.61 Å². The number of Topliss-reactive ketones (excluding diaryl/α,β-unsaturated/α-hetero) is 1. The summed E-state index contributed by atoms with van der Waals surface area (Å²) in [4.78, 5) is 12.8. The number of rotatable bonds is 4. The zero-order valence-corrected chi connectivity index (χ0v) is 17.7. The van der Waals surface area contributed by atoms with Gasteiger partial charge in [-0.1, -0.05) is 24.3 Å². The minimum atomic E-state index is -1.62. The molecule has 1 aliphatic carbocycles. The molecule has 5 atom stereocenters. The molecular weight excluding hydrogens is 444 g/mol. The second-order valence-corrected chi connectivity index (χ2v) is 8.29. The number of ketones is 1. The standard InChI is InChI=1S/C25H22O9/c26-10-19-22(30)23(31)24(32)25(34-19)33-18-6-5-11-9-17(28)21(29)15-8-12(7-14(18)20(11)15)13-3-1-2-4-16(13)27/h1-9,19,22-28,30-32H,10H2/t19-,22-,23+,24-,25-/m1/s1. The lowest BCUT2D eigenvalue weighted by Crippen LogP contribution is -2.60. The minimum Gasteiger partial charge on any atom is -0.507 e. The average molecular weight is 466 g/mol.